The van der Waals surface area contributed by atoms with Crippen LogP contribution in [0.2, 0.25) is 0 Å². The van der Waals surface area contributed by atoms with E-state index in [0.717, 1.165) is 5.56 Å². The summed E-state index contributed by atoms with van der Waals surface area (Å²) in [4.78, 5) is 32.0. The second-order valence-corrected chi connectivity index (χ2v) is 8.15. The molecule has 4 aromatic rings. The summed E-state index contributed by atoms with van der Waals surface area (Å²) in [6, 6.07) is 18.8. The summed E-state index contributed by atoms with van der Waals surface area (Å²) in [7, 11) is 5.46. The summed E-state index contributed by atoms with van der Waals surface area (Å²) >= 11 is 0. The van der Waals surface area contributed by atoms with Crippen molar-refractivity contribution in [3.05, 3.63) is 82.0 Å². The van der Waals surface area contributed by atoms with E-state index in [0.29, 0.717) is 58.4 Å². The van der Waals surface area contributed by atoms with Gasteiger partial charge in [-0.15, -0.1) is 0 Å². The zero-order valence-electron chi connectivity index (χ0n) is 19.1. The van der Waals surface area contributed by atoms with Gasteiger partial charge in [0.2, 0.25) is 0 Å². The predicted octanol–water partition coefficient (Wildman–Crippen LogP) is 3.59. The Morgan fingerprint density at radius 1 is 1.00 bits per heavy atom. The second-order valence-electron chi connectivity index (χ2n) is 8.15. The van der Waals surface area contributed by atoms with Crippen LogP contribution in [-0.2, 0) is 6.54 Å². The molecule has 4 rings (SSSR count). The molecule has 7 nitrogen and oxygen atoms in total. The van der Waals surface area contributed by atoms with Crippen LogP contribution >= 0.6 is 0 Å². The number of para-hydroxylation sites is 1. The monoisotopic (exact) mass is 444 g/mol. The lowest BCUT2D eigenvalue weighted by atomic mass is 10.0. The van der Waals surface area contributed by atoms with Gasteiger partial charge >= 0.3 is 0 Å². The molecule has 1 heterocycles. The van der Waals surface area contributed by atoms with Crippen LogP contribution in [0.3, 0.4) is 0 Å². The summed E-state index contributed by atoms with van der Waals surface area (Å²) in [5.74, 6) is 0.314. The van der Waals surface area contributed by atoms with Crippen molar-refractivity contribution in [3.63, 3.8) is 0 Å². The maximum absolute atomic E-state index is 13.6. The molecule has 0 aliphatic heterocycles. The highest BCUT2D eigenvalue weighted by molar-refractivity contribution is 6.11. The van der Waals surface area contributed by atoms with Crippen LogP contribution in [0.1, 0.15) is 15.9 Å². The highest BCUT2D eigenvalue weighted by Gasteiger charge is 2.18. The number of hydrogen-bond acceptors (Lipinski definition) is 5. The fraction of sp³-hybridized carbons (Fsp3) is 0.231. The van der Waals surface area contributed by atoms with Crippen LogP contribution in [0.4, 0.5) is 5.69 Å². The van der Waals surface area contributed by atoms with Crippen LogP contribution in [0.15, 0.2) is 65.5 Å². The number of carbonyl (C=O) groups is 1. The normalized spacial score (nSPS) is 11.2. The Labute approximate surface area is 192 Å². The van der Waals surface area contributed by atoms with E-state index in [-0.39, 0.29) is 11.3 Å². The van der Waals surface area contributed by atoms with Crippen molar-refractivity contribution in [1.29, 1.82) is 0 Å². The minimum Gasteiger partial charge on any atom is -0.495 e. The third-order valence-corrected chi connectivity index (χ3v) is 5.59. The predicted molar refractivity (Wildman–Crippen MR) is 133 cm³/mol. The van der Waals surface area contributed by atoms with Gasteiger partial charge in [-0.25, -0.2) is 0 Å². The SMILES string of the molecule is COc1cccc2c(=O)c3c(NCc4ccccc4)ccc(C(=O)NCCN(C)C)c3[nH]c12. The topological polar surface area (TPSA) is 86.5 Å². The van der Waals surface area contributed by atoms with Crippen molar-refractivity contribution >= 4 is 33.4 Å². The molecule has 3 N–H and O–H groups in total. The molecule has 0 saturated carbocycles. The molecule has 170 valence electrons. The molecule has 33 heavy (non-hydrogen) atoms. The van der Waals surface area contributed by atoms with E-state index >= 15 is 0 Å². The lowest BCUT2D eigenvalue weighted by molar-refractivity contribution is 0.0952. The number of likely N-dealkylation sites (N-methyl/N-ethyl adjacent to an activating group) is 1. The van der Waals surface area contributed by atoms with Gasteiger partial charge in [0.25, 0.3) is 5.91 Å². The number of aromatic nitrogens is 1. The van der Waals surface area contributed by atoms with E-state index < -0.39 is 0 Å². The number of anilines is 1. The van der Waals surface area contributed by atoms with Crippen LogP contribution in [0, 0.1) is 0 Å². The van der Waals surface area contributed by atoms with Crippen molar-refractivity contribution in [3.8, 4) is 5.75 Å². The van der Waals surface area contributed by atoms with Crippen molar-refractivity contribution in [1.82, 2.24) is 15.2 Å². The molecule has 3 aromatic carbocycles. The fourth-order valence-electron chi connectivity index (χ4n) is 3.87. The second kappa shape index (κ2) is 9.75. The molecule has 0 radical (unpaired) electrons. The lowest BCUT2D eigenvalue weighted by Crippen LogP contribution is -2.31. The van der Waals surface area contributed by atoms with E-state index in [4.69, 9.17) is 4.74 Å². The smallest absolute Gasteiger partial charge is 0.253 e. The van der Waals surface area contributed by atoms with Gasteiger partial charge in [0.05, 0.1) is 29.1 Å². The number of pyridine rings is 1. The number of amides is 1. The number of fused-ring (bicyclic) bond motifs is 2. The Bertz CT molecular complexity index is 1350. The molecule has 0 fully saturated rings. The number of aromatic amines is 1. The lowest BCUT2D eigenvalue weighted by Gasteiger charge is -2.16. The van der Waals surface area contributed by atoms with E-state index in [1.54, 1.807) is 37.4 Å². The van der Waals surface area contributed by atoms with Crippen LogP contribution in [0.5, 0.6) is 5.75 Å². The van der Waals surface area contributed by atoms with E-state index in [1.807, 2.05) is 49.3 Å². The molecule has 0 bridgehead atoms. The third-order valence-electron chi connectivity index (χ3n) is 5.59. The minimum atomic E-state index is -0.235. The maximum Gasteiger partial charge on any atom is 0.253 e. The van der Waals surface area contributed by atoms with Crippen molar-refractivity contribution in [2.24, 2.45) is 0 Å². The molecule has 1 amide bonds. The summed E-state index contributed by atoms with van der Waals surface area (Å²) in [6.45, 7) is 1.77. The quantitative estimate of drug-likeness (QED) is 0.362. The molecular formula is C26H28N4O3. The Balaban J connectivity index is 1.85. The first kappa shape index (κ1) is 22.4. The van der Waals surface area contributed by atoms with Gasteiger partial charge < -0.3 is 25.3 Å². The number of methoxy groups -OCH3 is 1. The first-order valence-electron chi connectivity index (χ1n) is 10.9. The number of benzene rings is 3. The molecule has 0 aliphatic rings. The molecule has 1 aromatic heterocycles. The van der Waals surface area contributed by atoms with Crippen LogP contribution in [0.25, 0.3) is 21.8 Å². The van der Waals surface area contributed by atoms with Gasteiger partial charge in [-0.3, -0.25) is 9.59 Å². The first-order chi connectivity index (χ1) is 16.0. The van der Waals surface area contributed by atoms with Crippen molar-refractivity contribution < 1.29 is 9.53 Å². The van der Waals surface area contributed by atoms with Crippen molar-refractivity contribution in [2.45, 2.75) is 6.54 Å². The first-order valence-corrected chi connectivity index (χ1v) is 10.9. The minimum absolute atomic E-state index is 0.156. The molecule has 0 aliphatic carbocycles. The summed E-state index contributed by atoms with van der Waals surface area (Å²) in [6.07, 6.45) is 0. The zero-order chi connectivity index (χ0) is 23.4. The summed E-state index contributed by atoms with van der Waals surface area (Å²) in [5.41, 5.74) is 3.08. The van der Waals surface area contributed by atoms with Gasteiger partial charge in [-0.1, -0.05) is 36.4 Å². The molecule has 0 spiro atoms. The average Bonchev–Trinajstić information content (AvgIpc) is 2.82. The highest BCUT2D eigenvalue weighted by Crippen LogP contribution is 2.29. The maximum atomic E-state index is 13.6. The van der Waals surface area contributed by atoms with E-state index in [2.05, 4.69) is 15.6 Å². The molecular weight excluding hydrogens is 416 g/mol. The van der Waals surface area contributed by atoms with Gasteiger partial charge in [0.15, 0.2) is 5.43 Å². The third kappa shape index (κ3) is 4.68. The molecule has 7 heteroatoms. The summed E-state index contributed by atoms with van der Waals surface area (Å²) < 4.78 is 5.47. The van der Waals surface area contributed by atoms with Gasteiger partial charge in [0.1, 0.15) is 5.75 Å². The molecule has 0 unspecified atom stereocenters. The van der Waals surface area contributed by atoms with Gasteiger partial charge in [-0.05, 0) is 43.9 Å². The van der Waals surface area contributed by atoms with Gasteiger partial charge in [-0.2, -0.15) is 0 Å². The Morgan fingerprint density at radius 3 is 2.52 bits per heavy atom. The molecule has 0 atom stereocenters. The number of carbonyl (C=O) groups excluding carboxylic acids is 1. The standard InChI is InChI=1S/C26H28N4O3/c1-30(2)15-14-27-26(32)19-12-13-20(28-16-17-8-5-4-6-9-17)22-24(19)29-23-18(25(22)31)10-7-11-21(23)33-3/h4-13,28H,14-16H2,1-3H3,(H,27,32)(H,29,31). The van der Waals surface area contributed by atoms with Crippen molar-refractivity contribution in [2.75, 3.05) is 39.6 Å². The van der Waals surface area contributed by atoms with Crippen LogP contribution < -0.4 is 20.8 Å². The number of nitrogens with one attached hydrogen (secondary N) is 3. The number of rotatable bonds is 8. The molecule has 0 saturated heterocycles. The van der Waals surface area contributed by atoms with Gasteiger partial charge in [0, 0.05) is 30.7 Å². The highest BCUT2D eigenvalue weighted by atomic mass is 16.5. The summed E-state index contributed by atoms with van der Waals surface area (Å²) in [5, 5.41) is 7.27. The largest absolute Gasteiger partial charge is 0.495 e. The fourth-order valence-corrected chi connectivity index (χ4v) is 3.87. The number of H-pyrrole nitrogens is 1. The number of hydrogen-bond donors (Lipinski definition) is 3. The number of nitrogens with zero attached hydrogens (tertiary/aromatic N) is 1. The Kier molecular flexibility index (Phi) is 6.60. The van der Waals surface area contributed by atoms with Crippen LogP contribution in [-0.4, -0.2) is 50.1 Å². The average molecular weight is 445 g/mol. The Hall–Kier alpha value is -3.84. The van der Waals surface area contributed by atoms with E-state index in [1.165, 1.54) is 0 Å². The Morgan fingerprint density at radius 2 is 1.79 bits per heavy atom. The van der Waals surface area contributed by atoms with E-state index in [9.17, 15) is 9.59 Å². The number of ether oxygens (including phenoxy) is 1. The zero-order valence-corrected chi connectivity index (χ0v) is 19.1.